The van der Waals surface area contributed by atoms with Gasteiger partial charge >= 0.3 is 0 Å². The number of aromatic amines is 1. The number of allylic oxidation sites excluding steroid dienone is 1. The molecule has 0 saturated heterocycles. The van der Waals surface area contributed by atoms with Gasteiger partial charge < -0.3 is 0 Å². The highest BCUT2D eigenvalue weighted by molar-refractivity contribution is 5.30. The Hall–Kier alpha value is -2.04. The van der Waals surface area contributed by atoms with Crippen molar-refractivity contribution in [1.82, 2.24) is 15.2 Å². The third-order valence-corrected chi connectivity index (χ3v) is 2.84. The molecule has 0 aliphatic carbocycles. The number of aryl methyl sites for hydroxylation is 1. The normalized spacial score (nSPS) is 10.9. The summed E-state index contributed by atoms with van der Waals surface area (Å²) in [7, 11) is 0. The molecule has 1 heterocycles. The molecule has 2 aromatic rings. The molecule has 0 spiro atoms. The van der Waals surface area contributed by atoms with E-state index in [1.807, 2.05) is 30.3 Å². The molecule has 100 valence electrons. The maximum absolute atomic E-state index is 12.4. The fourth-order valence-corrected chi connectivity index (χ4v) is 1.90. The second-order valence-electron chi connectivity index (χ2n) is 4.21. The Morgan fingerprint density at radius 3 is 2.63 bits per heavy atom. The summed E-state index contributed by atoms with van der Waals surface area (Å²) in [4.78, 5) is 3.79. The van der Waals surface area contributed by atoms with Crippen LogP contribution in [0.15, 0.2) is 36.9 Å². The molecule has 19 heavy (non-hydrogen) atoms. The van der Waals surface area contributed by atoms with Gasteiger partial charge in [0.25, 0.3) is 6.43 Å². The summed E-state index contributed by atoms with van der Waals surface area (Å²) in [5, 5.41) is 6.06. The van der Waals surface area contributed by atoms with E-state index >= 15 is 0 Å². The van der Waals surface area contributed by atoms with Crippen molar-refractivity contribution in [3.8, 4) is 0 Å². The minimum absolute atomic E-state index is 0.446. The molecular formula is C14H15F2N3. The van der Waals surface area contributed by atoms with Gasteiger partial charge in [-0.25, -0.2) is 13.8 Å². The number of hydrogen-bond donors (Lipinski definition) is 1. The van der Waals surface area contributed by atoms with Crippen molar-refractivity contribution in [1.29, 1.82) is 0 Å². The van der Waals surface area contributed by atoms with Crippen molar-refractivity contribution in [2.75, 3.05) is 0 Å². The van der Waals surface area contributed by atoms with Gasteiger partial charge in [0.15, 0.2) is 0 Å². The molecular weight excluding hydrogens is 248 g/mol. The van der Waals surface area contributed by atoms with Crippen LogP contribution in [0, 0.1) is 0 Å². The van der Waals surface area contributed by atoms with E-state index in [9.17, 15) is 8.78 Å². The van der Waals surface area contributed by atoms with E-state index in [4.69, 9.17) is 0 Å². The van der Waals surface area contributed by atoms with Gasteiger partial charge in [-0.15, -0.1) is 6.58 Å². The average Bonchev–Trinajstić information content (AvgIpc) is 2.86. The summed E-state index contributed by atoms with van der Waals surface area (Å²) >= 11 is 0. The first-order valence-corrected chi connectivity index (χ1v) is 6.07. The lowest BCUT2D eigenvalue weighted by Gasteiger charge is -2.06. The van der Waals surface area contributed by atoms with Crippen LogP contribution < -0.4 is 0 Å². The fourth-order valence-electron chi connectivity index (χ4n) is 1.90. The molecule has 0 atom stereocenters. The number of aromatic nitrogens is 3. The summed E-state index contributed by atoms with van der Waals surface area (Å²) in [6.07, 6.45) is 1.47. The third kappa shape index (κ3) is 3.47. The lowest BCUT2D eigenvalue weighted by Crippen LogP contribution is -1.97. The van der Waals surface area contributed by atoms with E-state index < -0.39 is 12.2 Å². The minimum atomic E-state index is -2.64. The van der Waals surface area contributed by atoms with Crippen molar-refractivity contribution in [3.63, 3.8) is 0 Å². The van der Waals surface area contributed by atoms with Crippen LogP contribution in [0.25, 0.3) is 0 Å². The number of alkyl halides is 2. The molecule has 0 saturated carbocycles. The van der Waals surface area contributed by atoms with Gasteiger partial charge in [0.1, 0.15) is 5.82 Å². The number of hydrogen-bond acceptors (Lipinski definition) is 2. The SMILES string of the molecule is C=CCCc1ccccc1Cc1nc(C(F)F)n[nH]1. The first-order chi connectivity index (χ1) is 9.20. The van der Waals surface area contributed by atoms with Crippen LogP contribution in [0.5, 0.6) is 0 Å². The van der Waals surface area contributed by atoms with Crippen LogP contribution in [0.3, 0.4) is 0 Å². The average molecular weight is 263 g/mol. The predicted octanol–water partition coefficient (Wildman–Crippen LogP) is 3.45. The van der Waals surface area contributed by atoms with E-state index in [1.165, 1.54) is 5.56 Å². The molecule has 2 rings (SSSR count). The van der Waals surface area contributed by atoms with Gasteiger partial charge in [0.05, 0.1) is 0 Å². The maximum atomic E-state index is 12.4. The molecule has 5 heteroatoms. The van der Waals surface area contributed by atoms with Crippen LogP contribution in [-0.2, 0) is 12.8 Å². The van der Waals surface area contributed by atoms with E-state index in [2.05, 4.69) is 21.8 Å². The Morgan fingerprint density at radius 1 is 1.26 bits per heavy atom. The zero-order valence-electron chi connectivity index (χ0n) is 10.4. The minimum Gasteiger partial charge on any atom is -0.263 e. The summed E-state index contributed by atoms with van der Waals surface area (Å²) in [6, 6.07) is 7.90. The van der Waals surface area contributed by atoms with Gasteiger partial charge in [0.2, 0.25) is 5.82 Å². The first-order valence-electron chi connectivity index (χ1n) is 6.07. The molecule has 1 N–H and O–H groups in total. The summed E-state index contributed by atoms with van der Waals surface area (Å²) in [5.41, 5.74) is 2.25. The number of rotatable bonds is 6. The van der Waals surface area contributed by atoms with E-state index in [0.717, 1.165) is 18.4 Å². The molecule has 0 aliphatic rings. The van der Waals surface area contributed by atoms with E-state index in [-0.39, 0.29) is 0 Å². The van der Waals surface area contributed by atoms with Crippen LogP contribution in [0.4, 0.5) is 8.78 Å². The largest absolute Gasteiger partial charge is 0.299 e. The number of H-pyrrole nitrogens is 1. The van der Waals surface area contributed by atoms with Gasteiger partial charge in [-0.1, -0.05) is 30.3 Å². The third-order valence-electron chi connectivity index (χ3n) is 2.84. The summed E-state index contributed by atoms with van der Waals surface area (Å²) < 4.78 is 24.8. The van der Waals surface area contributed by atoms with Crippen LogP contribution in [-0.4, -0.2) is 15.2 Å². The summed E-state index contributed by atoms with van der Waals surface area (Å²) in [6.45, 7) is 3.70. The van der Waals surface area contributed by atoms with Crippen molar-refractivity contribution < 1.29 is 8.78 Å². The van der Waals surface area contributed by atoms with Crippen molar-refractivity contribution in [2.45, 2.75) is 25.7 Å². The predicted molar refractivity (Wildman–Crippen MR) is 69.1 cm³/mol. The van der Waals surface area contributed by atoms with Crippen molar-refractivity contribution in [3.05, 3.63) is 59.7 Å². The van der Waals surface area contributed by atoms with E-state index in [1.54, 1.807) is 0 Å². The van der Waals surface area contributed by atoms with Crippen LogP contribution in [0.2, 0.25) is 0 Å². The lowest BCUT2D eigenvalue weighted by molar-refractivity contribution is 0.140. The Morgan fingerprint density at radius 2 is 2.00 bits per heavy atom. The quantitative estimate of drug-likeness (QED) is 0.811. The topological polar surface area (TPSA) is 41.6 Å². The second kappa shape index (κ2) is 6.22. The smallest absolute Gasteiger partial charge is 0.263 e. The van der Waals surface area contributed by atoms with Gasteiger partial charge in [-0.2, -0.15) is 5.10 Å². The molecule has 0 unspecified atom stereocenters. The molecule has 0 aliphatic heterocycles. The Balaban J connectivity index is 2.15. The number of benzene rings is 1. The highest BCUT2D eigenvalue weighted by Crippen LogP contribution is 2.17. The first kappa shape index (κ1) is 13.4. The Bertz CT molecular complexity index is 549. The highest BCUT2D eigenvalue weighted by atomic mass is 19.3. The Labute approximate surface area is 110 Å². The number of halogens is 2. The van der Waals surface area contributed by atoms with E-state index in [0.29, 0.717) is 12.2 Å². The molecule has 0 amide bonds. The fraction of sp³-hybridized carbons (Fsp3) is 0.286. The van der Waals surface area contributed by atoms with Crippen molar-refractivity contribution in [2.24, 2.45) is 0 Å². The zero-order chi connectivity index (χ0) is 13.7. The molecule has 0 bridgehead atoms. The molecule has 1 aromatic heterocycles. The lowest BCUT2D eigenvalue weighted by atomic mass is 10.0. The summed E-state index contributed by atoms with van der Waals surface area (Å²) in [5.74, 6) is 0.0138. The molecule has 3 nitrogen and oxygen atoms in total. The molecule has 0 fully saturated rings. The Kier molecular flexibility index (Phi) is 4.39. The van der Waals surface area contributed by atoms with Crippen molar-refractivity contribution >= 4 is 0 Å². The standard InChI is InChI=1S/C14H15F2N3/c1-2-3-6-10-7-4-5-8-11(10)9-12-17-14(13(15)16)19-18-12/h2,4-5,7-8,13H,1,3,6,9H2,(H,17,18,19). The van der Waals surface area contributed by atoms with Gasteiger partial charge in [0, 0.05) is 6.42 Å². The van der Waals surface area contributed by atoms with Gasteiger partial charge in [-0.05, 0) is 24.0 Å². The maximum Gasteiger partial charge on any atom is 0.299 e. The molecule has 0 radical (unpaired) electrons. The molecule has 1 aromatic carbocycles. The monoisotopic (exact) mass is 263 g/mol. The zero-order valence-corrected chi connectivity index (χ0v) is 10.4. The van der Waals surface area contributed by atoms with Crippen LogP contribution >= 0.6 is 0 Å². The van der Waals surface area contributed by atoms with Gasteiger partial charge in [-0.3, -0.25) is 5.10 Å². The second-order valence-corrected chi connectivity index (χ2v) is 4.21. The number of nitrogens with one attached hydrogen (secondary N) is 1. The highest BCUT2D eigenvalue weighted by Gasteiger charge is 2.14. The van der Waals surface area contributed by atoms with Crippen LogP contribution in [0.1, 0.15) is 35.6 Å². The number of nitrogens with zero attached hydrogens (tertiary/aromatic N) is 2.